The van der Waals surface area contributed by atoms with Gasteiger partial charge in [-0.15, -0.1) is 0 Å². The summed E-state index contributed by atoms with van der Waals surface area (Å²) in [6.07, 6.45) is 1.49. The maximum Gasteiger partial charge on any atom is 0.264 e. The number of benzene rings is 2. The molecule has 1 aliphatic rings. The monoisotopic (exact) mass is 405 g/mol. The van der Waals surface area contributed by atoms with E-state index < -0.39 is 11.2 Å². The minimum Gasteiger partial charge on any atom is -0.354 e. The Labute approximate surface area is 175 Å². The van der Waals surface area contributed by atoms with Crippen molar-refractivity contribution in [3.63, 3.8) is 0 Å². The first kappa shape index (κ1) is 20.7. The smallest absolute Gasteiger partial charge is 0.264 e. The van der Waals surface area contributed by atoms with Crippen molar-refractivity contribution >= 4 is 29.3 Å². The van der Waals surface area contributed by atoms with Crippen molar-refractivity contribution in [3.05, 3.63) is 75.8 Å². The lowest BCUT2D eigenvalue weighted by Crippen LogP contribution is -2.31. The van der Waals surface area contributed by atoms with Crippen LogP contribution in [0.5, 0.6) is 0 Å². The molecule has 5 nitrogen and oxygen atoms in total. The predicted octanol–water partition coefficient (Wildman–Crippen LogP) is 3.73. The van der Waals surface area contributed by atoms with Gasteiger partial charge in [-0.2, -0.15) is 5.26 Å². The summed E-state index contributed by atoms with van der Waals surface area (Å²) in [5.74, 6) is -0.613. The summed E-state index contributed by atoms with van der Waals surface area (Å²) in [5.41, 5.74) is 3.97. The van der Waals surface area contributed by atoms with Crippen LogP contribution in [0.15, 0.2) is 59.1 Å². The van der Waals surface area contributed by atoms with Crippen molar-refractivity contribution in [2.75, 3.05) is 11.9 Å². The molecule has 6 heteroatoms. The Bertz CT molecular complexity index is 988. The Hall–Kier alpha value is -3.04. The number of anilines is 1. The Kier molecular flexibility index (Phi) is 6.40. The van der Waals surface area contributed by atoms with E-state index in [4.69, 9.17) is 0 Å². The fourth-order valence-corrected chi connectivity index (χ4v) is 4.47. The molecule has 0 aromatic heterocycles. The van der Waals surface area contributed by atoms with E-state index in [-0.39, 0.29) is 11.5 Å². The molecule has 0 radical (unpaired) electrons. The molecule has 29 heavy (non-hydrogen) atoms. The third-order valence-electron chi connectivity index (χ3n) is 4.88. The van der Waals surface area contributed by atoms with Gasteiger partial charge in [0.25, 0.3) is 5.91 Å². The van der Waals surface area contributed by atoms with Crippen molar-refractivity contribution in [2.45, 2.75) is 31.9 Å². The highest BCUT2D eigenvalue weighted by Gasteiger charge is 2.40. The fourth-order valence-electron chi connectivity index (χ4n) is 3.17. The molecular weight excluding hydrogens is 382 g/mol. The zero-order valence-electron chi connectivity index (χ0n) is 16.7. The van der Waals surface area contributed by atoms with Crippen LogP contribution in [0.25, 0.3) is 0 Å². The van der Waals surface area contributed by atoms with E-state index in [1.807, 2.05) is 49.4 Å². The molecule has 1 fully saturated rings. The standard InChI is InChI=1S/C23H23N3O2S/c1-4-16-7-9-17(10-8-16)13-20-22(28)26(18-11-5-15(2)6-12-18)23(29-20)19(14-24)21(27)25-3/h5-12,20H,4,13H2,1-3H3,(H,25,27)/b23-19-/t20-/m1/s1. The second kappa shape index (κ2) is 8.97. The zero-order chi connectivity index (χ0) is 21.0. The number of thioether (sulfide) groups is 1. The molecule has 1 N–H and O–H groups in total. The number of hydrogen-bond donors (Lipinski definition) is 1. The summed E-state index contributed by atoms with van der Waals surface area (Å²) in [4.78, 5) is 27.1. The Morgan fingerprint density at radius 3 is 2.31 bits per heavy atom. The van der Waals surface area contributed by atoms with Crippen molar-refractivity contribution in [1.29, 1.82) is 5.26 Å². The number of amides is 2. The fraction of sp³-hybridized carbons (Fsp3) is 0.261. The molecule has 0 bridgehead atoms. The van der Waals surface area contributed by atoms with Gasteiger partial charge in [0.05, 0.1) is 5.25 Å². The Morgan fingerprint density at radius 2 is 1.76 bits per heavy atom. The van der Waals surface area contributed by atoms with Gasteiger partial charge in [0.1, 0.15) is 16.7 Å². The molecule has 2 aromatic rings. The molecule has 0 spiro atoms. The largest absolute Gasteiger partial charge is 0.354 e. The van der Waals surface area contributed by atoms with E-state index in [2.05, 4.69) is 24.4 Å². The van der Waals surface area contributed by atoms with E-state index in [9.17, 15) is 14.9 Å². The van der Waals surface area contributed by atoms with E-state index in [0.29, 0.717) is 17.1 Å². The number of likely N-dealkylation sites (N-methyl/N-ethyl adjacent to an activating group) is 1. The summed E-state index contributed by atoms with van der Waals surface area (Å²) < 4.78 is 0. The van der Waals surface area contributed by atoms with Crippen LogP contribution in [0.3, 0.4) is 0 Å². The highest BCUT2D eigenvalue weighted by molar-refractivity contribution is 8.05. The average Bonchev–Trinajstić information content (AvgIpc) is 3.05. The number of carbonyl (C=O) groups is 2. The number of nitrogens with zero attached hydrogens (tertiary/aromatic N) is 2. The molecule has 0 saturated carbocycles. The Morgan fingerprint density at radius 1 is 1.14 bits per heavy atom. The van der Waals surface area contributed by atoms with Gasteiger partial charge in [-0.3, -0.25) is 14.5 Å². The Balaban J connectivity index is 2.00. The second-order valence-corrected chi connectivity index (χ2v) is 8.05. The first-order valence-electron chi connectivity index (χ1n) is 9.50. The SMILES string of the molecule is CCc1ccc(C[C@H]2S/C(=C(/C#N)C(=O)NC)N(c3ccc(C)cc3)C2=O)cc1. The topological polar surface area (TPSA) is 73.2 Å². The maximum absolute atomic E-state index is 13.3. The molecule has 2 aromatic carbocycles. The lowest BCUT2D eigenvalue weighted by molar-refractivity contribution is -0.117. The summed E-state index contributed by atoms with van der Waals surface area (Å²) >= 11 is 1.28. The van der Waals surface area contributed by atoms with Crippen molar-refractivity contribution < 1.29 is 9.59 Å². The van der Waals surface area contributed by atoms with Crippen LogP contribution < -0.4 is 10.2 Å². The van der Waals surface area contributed by atoms with Gasteiger partial charge in [0, 0.05) is 12.7 Å². The van der Waals surface area contributed by atoms with Crippen LogP contribution in [-0.2, 0) is 22.4 Å². The van der Waals surface area contributed by atoms with Gasteiger partial charge in [-0.1, -0.05) is 60.6 Å². The second-order valence-electron chi connectivity index (χ2n) is 6.86. The predicted molar refractivity (Wildman–Crippen MR) is 116 cm³/mol. The van der Waals surface area contributed by atoms with E-state index in [0.717, 1.165) is 17.5 Å². The summed E-state index contributed by atoms with van der Waals surface area (Å²) in [7, 11) is 1.48. The van der Waals surface area contributed by atoms with Gasteiger partial charge in [-0.05, 0) is 43.0 Å². The zero-order valence-corrected chi connectivity index (χ0v) is 17.5. The van der Waals surface area contributed by atoms with Gasteiger partial charge in [0.15, 0.2) is 0 Å². The molecule has 0 aliphatic carbocycles. The minimum atomic E-state index is -0.493. The molecule has 0 unspecified atom stereocenters. The first-order valence-corrected chi connectivity index (χ1v) is 10.4. The maximum atomic E-state index is 13.3. The van der Waals surface area contributed by atoms with Crippen molar-refractivity contribution in [3.8, 4) is 6.07 Å². The van der Waals surface area contributed by atoms with Gasteiger partial charge < -0.3 is 5.32 Å². The number of nitrogens with one attached hydrogen (secondary N) is 1. The molecule has 1 atom stereocenters. The number of aryl methyl sites for hydroxylation is 2. The van der Waals surface area contributed by atoms with Crippen LogP contribution in [0.4, 0.5) is 5.69 Å². The van der Waals surface area contributed by atoms with Gasteiger partial charge >= 0.3 is 0 Å². The minimum absolute atomic E-state index is 0.0461. The molecule has 1 saturated heterocycles. The molecule has 148 valence electrons. The number of carbonyl (C=O) groups excluding carboxylic acids is 2. The highest BCUT2D eigenvalue weighted by Crippen LogP contribution is 2.41. The number of nitriles is 1. The highest BCUT2D eigenvalue weighted by atomic mass is 32.2. The van der Waals surface area contributed by atoms with Crippen LogP contribution in [0.2, 0.25) is 0 Å². The summed E-state index contributed by atoms with van der Waals surface area (Å²) in [6.45, 7) is 4.07. The summed E-state index contributed by atoms with van der Waals surface area (Å²) in [5, 5.41) is 12.1. The lowest BCUT2D eigenvalue weighted by atomic mass is 10.1. The number of hydrogen-bond acceptors (Lipinski definition) is 4. The van der Waals surface area contributed by atoms with E-state index >= 15 is 0 Å². The quantitative estimate of drug-likeness (QED) is 0.608. The van der Waals surface area contributed by atoms with Crippen molar-refractivity contribution in [1.82, 2.24) is 5.32 Å². The molecular formula is C23H23N3O2S. The first-order chi connectivity index (χ1) is 14.0. The normalized spacial score (nSPS) is 17.8. The molecule has 1 heterocycles. The molecule has 1 aliphatic heterocycles. The molecule has 3 rings (SSSR count). The van der Waals surface area contributed by atoms with Crippen LogP contribution >= 0.6 is 11.8 Å². The van der Waals surface area contributed by atoms with E-state index in [1.54, 1.807) is 0 Å². The average molecular weight is 406 g/mol. The lowest BCUT2D eigenvalue weighted by Gasteiger charge is -2.18. The third-order valence-corrected chi connectivity index (χ3v) is 6.14. The molecule has 2 amide bonds. The van der Waals surface area contributed by atoms with Crippen molar-refractivity contribution in [2.24, 2.45) is 0 Å². The van der Waals surface area contributed by atoms with Gasteiger partial charge in [0.2, 0.25) is 5.91 Å². The van der Waals surface area contributed by atoms with Crippen LogP contribution in [0.1, 0.15) is 23.6 Å². The van der Waals surface area contributed by atoms with E-state index in [1.165, 1.54) is 29.3 Å². The third kappa shape index (κ3) is 4.36. The van der Waals surface area contributed by atoms with Crippen LogP contribution in [-0.4, -0.2) is 24.1 Å². The van der Waals surface area contributed by atoms with Crippen LogP contribution in [0, 0.1) is 18.3 Å². The number of rotatable bonds is 5. The summed E-state index contributed by atoms with van der Waals surface area (Å²) in [6, 6.07) is 17.7. The van der Waals surface area contributed by atoms with Gasteiger partial charge in [-0.25, -0.2) is 0 Å².